The van der Waals surface area contributed by atoms with E-state index in [9.17, 15) is 0 Å². The minimum absolute atomic E-state index is 0.671. The number of ether oxygens (including phenoxy) is 1. The summed E-state index contributed by atoms with van der Waals surface area (Å²) in [5, 5.41) is 0.671. The molecule has 5 heteroatoms. The van der Waals surface area contributed by atoms with Gasteiger partial charge in [0, 0.05) is 17.6 Å². The van der Waals surface area contributed by atoms with Gasteiger partial charge >= 0.3 is 0 Å². The van der Waals surface area contributed by atoms with Crippen molar-refractivity contribution in [3.05, 3.63) is 40.9 Å². The number of methoxy groups -OCH3 is 1. The number of aromatic nitrogens is 1. The zero-order valence-electron chi connectivity index (χ0n) is 13.0. The van der Waals surface area contributed by atoms with E-state index in [1.54, 1.807) is 18.4 Å². The van der Waals surface area contributed by atoms with Gasteiger partial charge in [0.2, 0.25) is 0 Å². The van der Waals surface area contributed by atoms with Gasteiger partial charge in [0.15, 0.2) is 5.13 Å². The first-order valence-electron chi connectivity index (χ1n) is 7.78. The Morgan fingerprint density at radius 2 is 2.00 bits per heavy atom. The Hall–Kier alpha value is -1.59. The van der Waals surface area contributed by atoms with Gasteiger partial charge in [-0.2, -0.15) is 0 Å². The summed E-state index contributed by atoms with van der Waals surface area (Å²) in [7, 11) is 1.71. The molecule has 2 heterocycles. The molecule has 1 aromatic heterocycles. The Morgan fingerprint density at radius 3 is 2.59 bits per heavy atom. The second kappa shape index (κ2) is 7.11. The van der Waals surface area contributed by atoms with Gasteiger partial charge in [-0.1, -0.05) is 12.1 Å². The quantitative estimate of drug-likeness (QED) is 0.920. The van der Waals surface area contributed by atoms with Gasteiger partial charge in [-0.15, -0.1) is 11.3 Å². The van der Waals surface area contributed by atoms with Crippen molar-refractivity contribution in [1.82, 2.24) is 9.88 Å². The van der Waals surface area contributed by atoms with Crippen LogP contribution in [0.4, 0.5) is 5.13 Å². The normalized spacial score (nSPS) is 16.8. The minimum atomic E-state index is 0.671. The van der Waals surface area contributed by atoms with E-state index in [1.807, 2.05) is 6.20 Å². The van der Waals surface area contributed by atoms with Gasteiger partial charge in [-0.3, -0.25) is 4.90 Å². The largest absolute Gasteiger partial charge is 0.497 e. The number of nitrogens with zero attached hydrogens (tertiary/aromatic N) is 2. The molecule has 0 saturated carbocycles. The maximum atomic E-state index is 5.69. The van der Waals surface area contributed by atoms with Crippen LogP contribution in [0, 0.1) is 5.92 Å². The molecule has 1 saturated heterocycles. The van der Waals surface area contributed by atoms with Crippen molar-refractivity contribution in [3.8, 4) is 5.75 Å². The Balaban J connectivity index is 1.46. The summed E-state index contributed by atoms with van der Waals surface area (Å²) in [6.45, 7) is 3.32. The van der Waals surface area contributed by atoms with Gasteiger partial charge in [0.1, 0.15) is 5.75 Å². The van der Waals surface area contributed by atoms with Crippen molar-refractivity contribution < 1.29 is 4.74 Å². The molecule has 1 aliphatic heterocycles. The lowest BCUT2D eigenvalue weighted by molar-refractivity contribution is 0.178. The lowest BCUT2D eigenvalue weighted by atomic mass is 9.90. The molecule has 0 amide bonds. The van der Waals surface area contributed by atoms with Crippen LogP contribution in [0.15, 0.2) is 30.5 Å². The van der Waals surface area contributed by atoms with Crippen molar-refractivity contribution in [1.29, 1.82) is 0 Å². The smallest absolute Gasteiger partial charge is 0.180 e. The molecule has 1 aromatic carbocycles. The van der Waals surface area contributed by atoms with Crippen molar-refractivity contribution in [2.75, 3.05) is 25.9 Å². The molecule has 0 aliphatic carbocycles. The number of piperidine rings is 1. The molecule has 2 aromatic rings. The van der Waals surface area contributed by atoms with E-state index in [0.717, 1.165) is 18.2 Å². The number of thiazole rings is 1. The number of likely N-dealkylation sites (tertiary alicyclic amines) is 1. The van der Waals surface area contributed by atoms with Gasteiger partial charge in [-0.25, -0.2) is 4.98 Å². The van der Waals surface area contributed by atoms with Crippen LogP contribution in [0.1, 0.15) is 23.3 Å². The molecular formula is C17H23N3OS. The summed E-state index contributed by atoms with van der Waals surface area (Å²) >= 11 is 1.60. The fraction of sp³-hybridized carbons (Fsp3) is 0.471. The average Bonchev–Trinajstić information content (AvgIpc) is 2.95. The second-order valence-electron chi connectivity index (χ2n) is 5.94. The zero-order chi connectivity index (χ0) is 15.4. The third-order valence-corrected chi connectivity index (χ3v) is 5.15. The highest BCUT2D eigenvalue weighted by molar-refractivity contribution is 7.15. The van der Waals surface area contributed by atoms with Crippen molar-refractivity contribution >= 4 is 16.5 Å². The first-order valence-corrected chi connectivity index (χ1v) is 8.60. The van der Waals surface area contributed by atoms with E-state index in [4.69, 9.17) is 10.5 Å². The van der Waals surface area contributed by atoms with Crippen LogP contribution in [0.2, 0.25) is 0 Å². The highest BCUT2D eigenvalue weighted by Crippen LogP contribution is 2.25. The highest BCUT2D eigenvalue weighted by atomic mass is 32.1. The molecule has 0 spiro atoms. The van der Waals surface area contributed by atoms with Crippen LogP contribution in [-0.2, 0) is 13.0 Å². The maximum Gasteiger partial charge on any atom is 0.180 e. The SMILES string of the molecule is COc1ccc(CC2CCN(Cc3cnc(N)s3)CC2)cc1. The summed E-state index contributed by atoms with van der Waals surface area (Å²) in [5.74, 6) is 1.72. The van der Waals surface area contributed by atoms with Crippen LogP contribution in [0.3, 0.4) is 0 Å². The molecule has 1 aliphatic rings. The molecule has 22 heavy (non-hydrogen) atoms. The Kier molecular flexibility index (Phi) is 4.95. The summed E-state index contributed by atoms with van der Waals surface area (Å²) < 4.78 is 5.21. The first-order chi connectivity index (χ1) is 10.7. The molecule has 4 nitrogen and oxygen atoms in total. The van der Waals surface area contributed by atoms with E-state index in [-0.39, 0.29) is 0 Å². The fourth-order valence-electron chi connectivity index (χ4n) is 3.06. The lowest BCUT2D eigenvalue weighted by Gasteiger charge is -2.31. The second-order valence-corrected chi connectivity index (χ2v) is 7.08. The summed E-state index contributed by atoms with van der Waals surface area (Å²) in [6, 6.07) is 8.48. The number of rotatable bonds is 5. The van der Waals surface area contributed by atoms with Gasteiger partial charge in [-0.05, 0) is 56.0 Å². The molecule has 3 rings (SSSR count). The predicted molar refractivity (Wildman–Crippen MR) is 91.2 cm³/mol. The van der Waals surface area contributed by atoms with Gasteiger partial charge in [0.05, 0.1) is 7.11 Å². The van der Waals surface area contributed by atoms with E-state index < -0.39 is 0 Å². The van der Waals surface area contributed by atoms with Crippen LogP contribution in [-0.4, -0.2) is 30.1 Å². The van der Waals surface area contributed by atoms with Crippen LogP contribution < -0.4 is 10.5 Å². The third kappa shape index (κ3) is 3.99. The molecule has 0 bridgehead atoms. The Morgan fingerprint density at radius 1 is 1.27 bits per heavy atom. The van der Waals surface area contributed by atoms with E-state index >= 15 is 0 Å². The summed E-state index contributed by atoms with van der Waals surface area (Å²) in [5.41, 5.74) is 7.10. The Labute approximate surface area is 135 Å². The van der Waals surface area contributed by atoms with Crippen LogP contribution >= 0.6 is 11.3 Å². The van der Waals surface area contributed by atoms with Crippen LogP contribution in [0.5, 0.6) is 5.75 Å². The number of nitrogens with two attached hydrogens (primary N) is 1. The number of nitrogen functional groups attached to an aromatic ring is 1. The molecule has 0 unspecified atom stereocenters. The van der Waals surface area contributed by atoms with E-state index in [2.05, 4.69) is 34.1 Å². The third-order valence-electron chi connectivity index (χ3n) is 4.34. The monoisotopic (exact) mass is 317 g/mol. The number of benzene rings is 1. The number of anilines is 1. The van der Waals surface area contributed by atoms with Crippen molar-refractivity contribution in [2.24, 2.45) is 5.92 Å². The van der Waals surface area contributed by atoms with Crippen molar-refractivity contribution in [2.45, 2.75) is 25.8 Å². The summed E-state index contributed by atoms with van der Waals surface area (Å²) in [6.07, 6.45) is 5.61. The van der Waals surface area contributed by atoms with E-state index in [1.165, 1.54) is 42.8 Å². The number of hydrogen-bond acceptors (Lipinski definition) is 5. The predicted octanol–water partition coefficient (Wildman–Crippen LogP) is 3.19. The Bertz CT molecular complexity index is 588. The van der Waals surface area contributed by atoms with Crippen LogP contribution in [0.25, 0.3) is 0 Å². The van der Waals surface area contributed by atoms with Gasteiger partial charge in [0.25, 0.3) is 0 Å². The molecular weight excluding hydrogens is 294 g/mol. The molecule has 0 radical (unpaired) electrons. The first kappa shape index (κ1) is 15.3. The maximum absolute atomic E-state index is 5.69. The van der Waals surface area contributed by atoms with E-state index in [0.29, 0.717) is 5.13 Å². The van der Waals surface area contributed by atoms with Gasteiger partial charge < -0.3 is 10.5 Å². The molecule has 2 N–H and O–H groups in total. The molecule has 0 atom stereocenters. The summed E-state index contributed by atoms with van der Waals surface area (Å²) in [4.78, 5) is 7.91. The fourth-order valence-corrected chi connectivity index (χ4v) is 3.79. The minimum Gasteiger partial charge on any atom is -0.497 e. The number of hydrogen-bond donors (Lipinski definition) is 1. The molecule has 1 fully saturated rings. The zero-order valence-corrected chi connectivity index (χ0v) is 13.8. The molecule has 118 valence electrons. The highest BCUT2D eigenvalue weighted by Gasteiger charge is 2.20. The lowest BCUT2D eigenvalue weighted by Crippen LogP contribution is -2.33. The topological polar surface area (TPSA) is 51.4 Å². The van der Waals surface area contributed by atoms with Crippen molar-refractivity contribution in [3.63, 3.8) is 0 Å². The average molecular weight is 317 g/mol. The standard InChI is InChI=1S/C17H23N3OS/c1-21-15-4-2-13(3-5-15)10-14-6-8-20(9-7-14)12-16-11-19-17(18)22-16/h2-5,11,14H,6-10,12H2,1H3,(H2,18,19).